The lowest BCUT2D eigenvalue weighted by Gasteiger charge is -2.11. The van der Waals surface area contributed by atoms with Crippen LogP contribution in [0, 0.1) is 0 Å². The van der Waals surface area contributed by atoms with Gasteiger partial charge >= 0.3 is 0 Å². The molecule has 1 heterocycles. The average Bonchev–Trinajstić information content (AvgIpc) is 2.67. The van der Waals surface area contributed by atoms with Gasteiger partial charge in [-0.2, -0.15) is 0 Å². The van der Waals surface area contributed by atoms with E-state index in [1.54, 1.807) is 11.8 Å². The summed E-state index contributed by atoms with van der Waals surface area (Å²) in [6.07, 6.45) is 2.03. The number of ether oxygens (including phenoxy) is 2. The van der Waals surface area contributed by atoms with E-state index in [2.05, 4.69) is 15.6 Å². The fraction of sp³-hybridized carbons (Fsp3) is 0.800. The third-order valence-corrected chi connectivity index (χ3v) is 2.07. The van der Waals surface area contributed by atoms with Gasteiger partial charge < -0.3 is 14.8 Å². The quantitative estimate of drug-likeness (QED) is 0.681. The van der Waals surface area contributed by atoms with Gasteiger partial charge in [0.25, 0.3) is 0 Å². The van der Waals surface area contributed by atoms with Gasteiger partial charge in [0, 0.05) is 19.9 Å². The van der Waals surface area contributed by atoms with Gasteiger partial charge in [-0.25, -0.2) is 4.68 Å². The van der Waals surface area contributed by atoms with Crippen molar-refractivity contribution < 1.29 is 9.47 Å². The summed E-state index contributed by atoms with van der Waals surface area (Å²) < 4.78 is 12.3. The maximum absolute atomic E-state index is 5.53. The van der Waals surface area contributed by atoms with Crippen LogP contribution in [0.3, 0.4) is 0 Å². The van der Waals surface area contributed by atoms with Gasteiger partial charge in [-0.3, -0.25) is 0 Å². The number of aromatic nitrogens is 3. The van der Waals surface area contributed by atoms with E-state index in [4.69, 9.17) is 9.47 Å². The summed E-state index contributed by atoms with van der Waals surface area (Å²) in [5.74, 6) is 0. The summed E-state index contributed by atoms with van der Waals surface area (Å²) in [4.78, 5) is 0. The number of methoxy groups -OCH3 is 1. The molecule has 1 rings (SSSR count). The molecule has 0 aromatic carbocycles. The lowest BCUT2D eigenvalue weighted by atomic mass is 10.4. The van der Waals surface area contributed by atoms with E-state index >= 15 is 0 Å². The molecule has 92 valence electrons. The standard InChI is InChI=1S/C10H20N4O2/c1-9(8-15-3)16-5-4-14-7-10(6-11-2)12-13-14/h7,9,11H,4-6,8H2,1-3H3. The summed E-state index contributed by atoms with van der Waals surface area (Å²) in [5, 5.41) is 11.0. The van der Waals surface area contributed by atoms with Crippen molar-refractivity contribution >= 4 is 0 Å². The molecule has 0 amide bonds. The molecule has 16 heavy (non-hydrogen) atoms. The van der Waals surface area contributed by atoms with Crippen molar-refractivity contribution in [1.29, 1.82) is 0 Å². The Hall–Kier alpha value is -0.980. The molecule has 1 aromatic rings. The van der Waals surface area contributed by atoms with Crippen molar-refractivity contribution in [1.82, 2.24) is 20.3 Å². The Bertz CT molecular complexity index is 290. The molecular weight excluding hydrogens is 208 g/mol. The molecule has 1 N–H and O–H groups in total. The molecule has 0 aliphatic carbocycles. The van der Waals surface area contributed by atoms with Crippen molar-refractivity contribution in [3.8, 4) is 0 Å². The van der Waals surface area contributed by atoms with Gasteiger partial charge in [-0.05, 0) is 14.0 Å². The Morgan fingerprint density at radius 2 is 2.38 bits per heavy atom. The minimum atomic E-state index is 0.116. The zero-order valence-corrected chi connectivity index (χ0v) is 10.1. The molecule has 0 aliphatic heterocycles. The second kappa shape index (κ2) is 7.32. The van der Waals surface area contributed by atoms with E-state index in [1.807, 2.05) is 20.2 Å². The van der Waals surface area contributed by atoms with Crippen LogP contribution < -0.4 is 5.32 Å². The molecule has 0 saturated heterocycles. The van der Waals surface area contributed by atoms with Gasteiger partial charge in [0.1, 0.15) is 0 Å². The first-order valence-electron chi connectivity index (χ1n) is 5.40. The molecular formula is C10H20N4O2. The van der Waals surface area contributed by atoms with Crippen LogP contribution in [0.25, 0.3) is 0 Å². The molecule has 0 bridgehead atoms. The molecule has 0 fully saturated rings. The molecule has 0 radical (unpaired) electrons. The Morgan fingerprint density at radius 1 is 1.56 bits per heavy atom. The van der Waals surface area contributed by atoms with Gasteiger partial charge in [-0.15, -0.1) is 5.10 Å². The Balaban J connectivity index is 2.21. The molecule has 6 heteroatoms. The number of nitrogens with zero attached hydrogens (tertiary/aromatic N) is 3. The van der Waals surface area contributed by atoms with Crippen LogP contribution >= 0.6 is 0 Å². The summed E-state index contributed by atoms with van der Waals surface area (Å²) in [6.45, 7) is 4.66. The summed E-state index contributed by atoms with van der Waals surface area (Å²) >= 11 is 0. The Kier molecular flexibility index (Phi) is 5.99. The highest BCUT2D eigenvalue weighted by atomic mass is 16.5. The van der Waals surface area contributed by atoms with Gasteiger partial charge in [-0.1, -0.05) is 5.21 Å². The van der Waals surface area contributed by atoms with Crippen LogP contribution in [0.1, 0.15) is 12.6 Å². The fourth-order valence-electron chi connectivity index (χ4n) is 1.34. The predicted molar refractivity (Wildman–Crippen MR) is 60.1 cm³/mol. The lowest BCUT2D eigenvalue weighted by Crippen LogP contribution is -2.18. The lowest BCUT2D eigenvalue weighted by molar-refractivity contribution is 0.00494. The minimum Gasteiger partial charge on any atom is -0.382 e. The molecule has 1 unspecified atom stereocenters. The van der Waals surface area contributed by atoms with E-state index in [9.17, 15) is 0 Å². The first kappa shape index (κ1) is 13.1. The molecule has 1 atom stereocenters. The van der Waals surface area contributed by atoms with Gasteiger partial charge in [0.2, 0.25) is 0 Å². The van der Waals surface area contributed by atoms with Crippen LogP contribution in [-0.2, 0) is 22.6 Å². The maximum atomic E-state index is 5.53. The fourth-order valence-corrected chi connectivity index (χ4v) is 1.34. The van der Waals surface area contributed by atoms with E-state index < -0.39 is 0 Å². The first-order chi connectivity index (χ1) is 7.76. The predicted octanol–water partition coefficient (Wildman–Crippen LogP) is 0.0490. The largest absolute Gasteiger partial charge is 0.382 e. The third-order valence-electron chi connectivity index (χ3n) is 2.07. The number of rotatable bonds is 8. The van der Waals surface area contributed by atoms with Crippen molar-refractivity contribution in [2.45, 2.75) is 26.1 Å². The monoisotopic (exact) mass is 228 g/mol. The second-order valence-corrected chi connectivity index (χ2v) is 3.64. The van der Waals surface area contributed by atoms with E-state index in [1.165, 1.54) is 0 Å². The third kappa shape index (κ3) is 4.69. The molecule has 1 aromatic heterocycles. The zero-order valence-electron chi connectivity index (χ0n) is 10.1. The SMILES string of the molecule is CNCc1cn(CCOC(C)COC)nn1. The van der Waals surface area contributed by atoms with Crippen LogP contribution in [0.2, 0.25) is 0 Å². The van der Waals surface area contributed by atoms with Crippen LogP contribution in [-0.4, -0.2) is 48.5 Å². The highest BCUT2D eigenvalue weighted by Crippen LogP contribution is 1.95. The molecule has 0 saturated carbocycles. The molecule has 6 nitrogen and oxygen atoms in total. The van der Waals surface area contributed by atoms with Crippen molar-refractivity contribution in [2.75, 3.05) is 27.4 Å². The van der Waals surface area contributed by atoms with Crippen LogP contribution in [0.15, 0.2) is 6.20 Å². The smallest absolute Gasteiger partial charge is 0.0964 e. The van der Waals surface area contributed by atoms with Crippen LogP contribution in [0.4, 0.5) is 0 Å². The average molecular weight is 228 g/mol. The zero-order chi connectivity index (χ0) is 11.8. The van der Waals surface area contributed by atoms with Crippen molar-refractivity contribution in [2.24, 2.45) is 0 Å². The number of hydrogen-bond donors (Lipinski definition) is 1. The summed E-state index contributed by atoms with van der Waals surface area (Å²) in [6, 6.07) is 0. The molecule has 0 aliphatic rings. The van der Waals surface area contributed by atoms with E-state index in [0.29, 0.717) is 19.8 Å². The summed E-state index contributed by atoms with van der Waals surface area (Å²) in [7, 11) is 3.55. The normalized spacial score (nSPS) is 12.9. The highest BCUT2D eigenvalue weighted by molar-refractivity contribution is 4.90. The van der Waals surface area contributed by atoms with Crippen LogP contribution in [0.5, 0.6) is 0 Å². The Morgan fingerprint density at radius 3 is 3.06 bits per heavy atom. The highest BCUT2D eigenvalue weighted by Gasteiger charge is 2.02. The van der Waals surface area contributed by atoms with Crippen molar-refractivity contribution in [3.05, 3.63) is 11.9 Å². The molecule has 0 spiro atoms. The number of nitrogens with one attached hydrogen (secondary N) is 1. The maximum Gasteiger partial charge on any atom is 0.0964 e. The topological polar surface area (TPSA) is 61.2 Å². The second-order valence-electron chi connectivity index (χ2n) is 3.64. The van der Waals surface area contributed by atoms with E-state index in [0.717, 1.165) is 12.2 Å². The Labute approximate surface area is 95.9 Å². The first-order valence-corrected chi connectivity index (χ1v) is 5.40. The van der Waals surface area contributed by atoms with Gasteiger partial charge in [0.05, 0.1) is 31.6 Å². The van der Waals surface area contributed by atoms with Crippen molar-refractivity contribution in [3.63, 3.8) is 0 Å². The van der Waals surface area contributed by atoms with Gasteiger partial charge in [0.15, 0.2) is 0 Å². The minimum absolute atomic E-state index is 0.116. The summed E-state index contributed by atoms with van der Waals surface area (Å²) in [5.41, 5.74) is 0.937. The van der Waals surface area contributed by atoms with E-state index in [-0.39, 0.29) is 6.10 Å². The number of hydrogen-bond acceptors (Lipinski definition) is 5.